The third-order valence-corrected chi connectivity index (χ3v) is 4.77. The van der Waals surface area contributed by atoms with Crippen LogP contribution >= 0.6 is 0 Å². The Labute approximate surface area is 165 Å². The number of benzene rings is 3. The number of ether oxygens (including phenoxy) is 1. The minimum atomic E-state index is -0.249. The smallest absolute Gasteiger partial charge is 0.271 e. The average molecular weight is 375 g/mol. The molecular weight excluding hydrogens is 350 g/mol. The molecule has 3 rings (SSSR count). The summed E-state index contributed by atoms with van der Waals surface area (Å²) in [6.45, 7) is 6.08. The van der Waals surface area contributed by atoms with E-state index in [0.717, 1.165) is 35.1 Å². The quantitative estimate of drug-likeness (QED) is 0.490. The number of carbonyl (C=O) groups is 1. The zero-order chi connectivity index (χ0) is 19.9. The molecule has 0 saturated heterocycles. The fourth-order valence-corrected chi connectivity index (χ4v) is 3.22. The molecule has 0 aliphatic rings. The van der Waals surface area contributed by atoms with E-state index >= 15 is 0 Å². The highest BCUT2D eigenvalue weighted by Crippen LogP contribution is 2.26. The molecule has 0 aliphatic carbocycles. The Morgan fingerprint density at radius 1 is 1.04 bits per heavy atom. The van der Waals surface area contributed by atoms with E-state index in [-0.39, 0.29) is 5.91 Å². The van der Waals surface area contributed by atoms with Gasteiger partial charge in [0.1, 0.15) is 5.75 Å². The lowest BCUT2D eigenvalue weighted by molar-refractivity contribution is 0.0955. The first kappa shape index (κ1) is 19.4. The summed E-state index contributed by atoms with van der Waals surface area (Å²) in [5.74, 6) is 0.460. The van der Waals surface area contributed by atoms with E-state index in [1.54, 1.807) is 13.3 Å². The van der Waals surface area contributed by atoms with Gasteiger partial charge in [-0.15, -0.1) is 0 Å². The number of hydrazone groups is 1. The van der Waals surface area contributed by atoms with Crippen LogP contribution in [0.15, 0.2) is 65.8 Å². The molecule has 0 atom stereocenters. The molecule has 5 heteroatoms. The van der Waals surface area contributed by atoms with E-state index < -0.39 is 0 Å². The first-order chi connectivity index (χ1) is 13.7. The van der Waals surface area contributed by atoms with Crippen molar-refractivity contribution >= 4 is 28.6 Å². The number of anilines is 1. The molecule has 3 aromatic rings. The van der Waals surface area contributed by atoms with Crippen LogP contribution in [0.5, 0.6) is 5.75 Å². The summed E-state index contributed by atoms with van der Waals surface area (Å²) in [7, 11) is 1.62. The van der Waals surface area contributed by atoms with E-state index in [2.05, 4.69) is 29.3 Å². The van der Waals surface area contributed by atoms with Gasteiger partial charge in [-0.05, 0) is 55.0 Å². The lowest BCUT2D eigenvalue weighted by atomic mass is 10.0. The number of nitrogens with zero attached hydrogens (tertiary/aromatic N) is 2. The maximum absolute atomic E-state index is 12.4. The van der Waals surface area contributed by atoms with Crippen LogP contribution in [-0.4, -0.2) is 32.3 Å². The molecule has 1 N–H and O–H groups in total. The predicted octanol–water partition coefficient (Wildman–Crippen LogP) is 4.46. The third-order valence-electron chi connectivity index (χ3n) is 4.77. The van der Waals surface area contributed by atoms with E-state index in [1.807, 2.05) is 60.7 Å². The van der Waals surface area contributed by atoms with Crippen LogP contribution in [0, 0.1) is 0 Å². The molecule has 0 spiro atoms. The molecular formula is C23H25N3O2. The van der Waals surface area contributed by atoms with Crippen molar-refractivity contribution in [2.45, 2.75) is 13.8 Å². The number of amides is 1. The Balaban J connectivity index is 1.76. The maximum Gasteiger partial charge on any atom is 0.271 e. The van der Waals surface area contributed by atoms with Gasteiger partial charge in [-0.1, -0.05) is 30.3 Å². The number of fused-ring (bicyclic) bond motifs is 1. The van der Waals surface area contributed by atoms with Gasteiger partial charge in [-0.3, -0.25) is 4.79 Å². The van der Waals surface area contributed by atoms with Crippen molar-refractivity contribution in [2.75, 3.05) is 25.1 Å². The fraction of sp³-hybridized carbons (Fsp3) is 0.217. The number of rotatable bonds is 7. The van der Waals surface area contributed by atoms with E-state index in [0.29, 0.717) is 11.3 Å². The summed E-state index contributed by atoms with van der Waals surface area (Å²) in [5, 5.41) is 6.25. The largest absolute Gasteiger partial charge is 0.496 e. The summed E-state index contributed by atoms with van der Waals surface area (Å²) < 4.78 is 5.44. The highest BCUT2D eigenvalue weighted by atomic mass is 16.5. The molecule has 3 aromatic carbocycles. The van der Waals surface area contributed by atoms with E-state index in [4.69, 9.17) is 4.74 Å². The van der Waals surface area contributed by atoms with Crippen LogP contribution in [0.25, 0.3) is 10.8 Å². The van der Waals surface area contributed by atoms with Gasteiger partial charge in [0.25, 0.3) is 5.91 Å². The number of methoxy groups -OCH3 is 1. The van der Waals surface area contributed by atoms with Crippen molar-refractivity contribution in [3.05, 3.63) is 71.8 Å². The monoisotopic (exact) mass is 375 g/mol. The van der Waals surface area contributed by atoms with Gasteiger partial charge in [-0.2, -0.15) is 5.10 Å². The van der Waals surface area contributed by atoms with Gasteiger partial charge in [0.2, 0.25) is 0 Å². The van der Waals surface area contributed by atoms with Crippen molar-refractivity contribution in [2.24, 2.45) is 5.10 Å². The standard InChI is InChI=1S/C23H25N3O2/c1-4-26(5-2)19-13-10-18(11-14-19)23(27)25-24-16-21-20-9-7-6-8-17(20)12-15-22(21)28-3/h6-16H,4-5H2,1-3H3,(H,25,27)/b24-16+. The second-order valence-corrected chi connectivity index (χ2v) is 6.32. The Hall–Kier alpha value is -3.34. The number of hydrogen-bond acceptors (Lipinski definition) is 4. The van der Waals surface area contributed by atoms with Crippen molar-refractivity contribution in [3.63, 3.8) is 0 Å². The minimum absolute atomic E-state index is 0.249. The summed E-state index contributed by atoms with van der Waals surface area (Å²) in [6.07, 6.45) is 1.63. The lowest BCUT2D eigenvalue weighted by Crippen LogP contribution is -2.22. The van der Waals surface area contributed by atoms with Crippen molar-refractivity contribution in [1.82, 2.24) is 5.43 Å². The Morgan fingerprint density at radius 2 is 1.75 bits per heavy atom. The van der Waals surface area contributed by atoms with Crippen molar-refractivity contribution in [3.8, 4) is 5.75 Å². The third kappa shape index (κ3) is 4.14. The molecule has 0 bridgehead atoms. The summed E-state index contributed by atoms with van der Waals surface area (Å²) in [4.78, 5) is 14.6. The molecule has 5 nitrogen and oxygen atoms in total. The summed E-state index contributed by atoms with van der Waals surface area (Å²) >= 11 is 0. The predicted molar refractivity (Wildman–Crippen MR) is 116 cm³/mol. The van der Waals surface area contributed by atoms with E-state index in [9.17, 15) is 4.79 Å². The zero-order valence-corrected chi connectivity index (χ0v) is 16.5. The van der Waals surface area contributed by atoms with Gasteiger partial charge >= 0.3 is 0 Å². The number of hydrogen-bond donors (Lipinski definition) is 1. The molecule has 0 saturated carbocycles. The summed E-state index contributed by atoms with van der Waals surface area (Å²) in [5.41, 5.74) is 5.10. The average Bonchev–Trinajstić information content (AvgIpc) is 2.75. The first-order valence-corrected chi connectivity index (χ1v) is 9.42. The SMILES string of the molecule is CCN(CC)c1ccc(C(=O)N/N=C/c2c(OC)ccc3ccccc23)cc1. The van der Waals surface area contributed by atoms with Crippen LogP contribution in [0.1, 0.15) is 29.8 Å². The van der Waals surface area contributed by atoms with E-state index in [1.165, 1.54) is 0 Å². The lowest BCUT2D eigenvalue weighted by Gasteiger charge is -2.20. The Kier molecular flexibility index (Phi) is 6.27. The van der Waals surface area contributed by atoms with Gasteiger partial charge in [-0.25, -0.2) is 5.43 Å². The van der Waals surface area contributed by atoms with Crippen LogP contribution < -0.4 is 15.1 Å². The van der Waals surface area contributed by atoms with Crippen molar-refractivity contribution < 1.29 is 9.53 Å². The fourth-order valence-electron chi connectivity index (χ4n) is 3.22. The molecule has 0 fully saturated rings. The number of nitrogens with one attached hydrogen (secondary N) is 1. The van der Waals surface area contributed by atoms with Crippen LogP contribution in [0.2, 0.25) is 0 Å². The van der Waals surface area contributed by atoms with Gasteiger partial charge in [0.15, 0.2) is 0 Å². The molecule has 0 aromatic heterocycles. The first-order valence-electron chi connectivity index (χ1n) is 9.42. The number of carbonyl (C=O) groups excluding carboxylic acids is 1. The van der Waals surface area contributed by atoms with Crippen LogP contribution in [-0.2, 0) is 0 Å². The molecule has 0 radical (unpaired) electrons. The zero-order valence-electron chi connectivity index (χ0n) is 16.5. The normalized spacial score (nSPS) is 11.0. The molecule has 0 aliphatic heterocycles. The Bertz CT molecular complexity index is 977. The molecule has 28 heavy (non-hydrogen) atoms. The second kappa shape index (κ2) is 9.04. The van der Waals surface area contributed by atoms with Crippen LogP contribution in [0.4, 0.5) is 5.69 Å². The maximum atomic E-state index is 12.4. The van der Waals surface area contributed by atoms with Gasteiger partial charge < -0.3 is 9.64 Å². The topological polar surface area (TPSA) is 53.9 Å². The summed E-state index contributed by atoms with van der Waals surface area (Å²) in [6, 6.07) is 19.4. The minimum Gasteiger partial charge on any atom is -0.496 e. The molecule has 0 unspecified atom stereocenters. The highest BCUT2D eigenvalue weighted by molar-refractivity contribution is 6.03. The van der Waals surface area contributed by atoms with Crippen LogP contribution in [0.3, 0.4) is 0 Å². The Morgan fingerprint density at radius 3 is 2.43 bits per heavy atom. The molecule has 0 heterocycles. The second-order valence-electron chi connectivity index (χ2n) is 6.32. The highest BCUT2D eigenvalue weighted by Gasteiger charge is 2.08. The molecule has 1 amide bonds. The van der Waals surface area contributed by atoms with Crippen molar-refractivity contribution in [1.29, 1.82) is 0 Å². The van der Waals surface area contributed by atoms with Gasteiger partial charge in [0.05, 0.1) is 13.3 Å². The van der Waals surface area contributed by atoms with Gasteiger partial charge in [0, 0.05) is 29.9 Å². The molecule has 144 valence electrons.